The van der Waals surface area contributed by atoms with Gasteiger partial charge in [-0.25, -0.2) is 0 Å². The molecule has 0 amide bonds. The summed E-state index contributed by atoms with van der Waals surface area (Å²) in [6, 6.07) is 6.50. The first-order chi connectivity index (χ1) is 5.11. The van der Waals surface area contributed by atoms with Crippen molar-refractivity contribution in [2.75, 3.05) is 19.0 Å². The number of anilines is 1. The minimum absolute atomic E-state index is 0. The number of aryl methyl sites for hydroxylation is 2. The third-order valence-corrected chi connectivity index (χ3v) is 2.01. The van der Waals surface area contributed by atoms with Gasteiger partial charge in [0, 0.05) is 19.8 Å². The Morgan fingerprint density at radius 1 is 0.923 bits per heavy atom. The molecule has 1 nitrogen and oxygen atoms in total. The second kappa shape index (κ2) is 5.63. The molecule has 0 heterocycles. The van der Waals surface area contributed by atoms with Crippen LogP contribution in [0.15, 0.2) is 18.2 Å². The number of nitrogens with zero attached hydrogens (tertiary/aromatic N) is 1. The monoisotopic (exact) mass is 181 g/mol. The van der Waals surface area contributed by atoms with Gasteiger partial charge in [0.25, 0.3) is 0 Å². The molecule has 0 spiro atoms. The number of rotatable bonds is 1. The molecule has 0 atom stereocenters. The van der Waals surface area contributed by atoms with Gasteiger partial charge >= 0.3 is 0 Å². The average Bonchev–Trinajstić information content (AvgIpc) is 1.94. The molecule has 1 rings (SSSR count). The van der Waals surface area contributed by atoms with E-state index in [1.807, 2.05) is 0 Å². The molecule has 0 aliphatic heterocycles. The highest BCUT2D eigenvalue weighted by Gasteiger charge is 1.96. The molecule has 0 bridgehead atoms. The van der Waals surface area contributed by atoms with Crippen LogP contribution in [0.1, 0.15) is 26.0 Å². The fraction of sp³-hybridized carbons (Fsp3) is 0.500. The lowest BCUT2D eigenvalue weighted by atomic mass is 10.1. The molecule has 1 aromatic rings. The van der Waals surface area contributed by atoms with Gasteiger partial charge in [0.2, 0.25) is 0 Å². The summed E-state index contributed by atoms with van der Waals surface area (Å²) in [6.45, 7) is 4.27. The predicted octanol–water partition coefficient (Wildman–Crippen LogP) is 3.64. The molecule has 0 fully saturated rings. The molecular weight excluding hydrogens is 158 g/mol. The van der Waals surface area contributed by atoms with Crippen molar-refractivity contribution in [3.05, 3.63) is 29.3 Å². The smallest absolute Gasteiger partial charge is 0.0363 e. The van der Waals surface area contributed by atoms with Crippen LogP contribution < -0.4 is 4.90 Å². The summed E-state index contributed by atoms with van der Waals surface area (Å²) in [4.78, 5) is 2.12. The third kappa shape index (κ3) is 3.49. The Morgan fingerprint density at radius 3 is 1.85 bits per heavy atom. The molecule has 0 unspecified atom stereocenters. The van der Waals surface area contributed by atoms with Crippen molar-refractivity contribution in [3.63, 3.8) is 0 Å². The highest BCUT2D eigenvalue weighted by molar-refractivity contribution is 5.49. The predicted molar refractivity (Wildman–Crippen MR) is 63.7 cm³/mol. The summed E-state index contributed by atoms with van der Waals surface area (Å²) in [6.07, 6.45) is 0. The van der Waals surface area contributed by atoms with E-state index in [1.165, 1.54) is 16.8 Å². The van der Waals surface area contributed by atoms with Crippen molar-refractivity contribution in [1.82, 2.24) is 0 Å². The van der Waals surface area contributed by atoms with Crippen LogP contribution in [0.25, 0.3) is 0 Å². The highest BCUT2D eigenvalue weighted by Crippen LogP contribution is 2.15. The second-order valence-electron chi connectivity index (χ2n) is 3.16. The summed E-state index contributed by atoms with van der Waals surface area (Å²) in [5.41, 5.74) is 3.99. The molecule has 0 aliphatic carbocycles. The molecule has 0 N–H and O–H groups in total. The first-order valence-electron chi connectivity index (χ1n) is 3.86. The lowest BCUT2D eigenvalue weighted by molar-refractivity contribution is 1.12. The normalized spacial score (nSPS) is 8.31. The zero-order valence-electron chi connectivity index (χ0n) is 7.68. The van der Waals surface area contributed by atoms with Gasteiger partial charge in [-0.15, -0.1) is 0 Å². The topological polar surface area (TPSA) is 3.24 Å². The SMILES string of the molecule is C.C.Cc1ccc(N(C)C)cc1C. The highest BCUT2D eigenvalue weighted by atomic mass is 15.1. The van der Waals surface area contributed by atoms with E-state index in [0.29, 0.717) is 0 Å². The van der Waals surface area contributed by atoms with Gasteiger partial charge in [0.1, 0.15) is 0 Å². The van der Waals surface area contributed by atoms with Crippen LogP contribution >= 0.6 is 0 Å². The van der Waals surface area contributed by atoms with Gasteiger partial charge in [-0.3, -0.25) is 0 Å². The Kier molecular flexibility index (Phi) is 6.30. The van der Waals surface area contributed by atoms with Crippen molar-refractivity contribution in [3.8, 4) is 0 Å². The van der Waals surface area contributed by atoms with Crippen LogP contribution in [0.3, 0.4) is 0 Å². The number of hydrogen-bond donors (Lipinski definition) is 0. The van der Waals surface area contributed by atoms with Crippen molar-refractivity contribution < 1.29 is 0 Å². The van der Waals surface area contributed by atoms with E-state index < -0.39 is 0 Å². The van der Waals surface area contributed by atoms with Crippen molar-refractivity contribution in [2.45, 2.75) is 28.7 Å². The molecule has 1 aromatic carbocycles. The van der Waals surface area contributed by atoms with Crippen LogP contribution in [-0.4, -0.2) is 14.1 Å². The Labute approximate surface area is 83.4 Å². The van der Waals surface area contributed by atoms with Crippen LogP contribution in [0.4, 0.5) is 5.69 Å². The fourth-order valence-corrected chi connectivity index (χ4v) is 1.00. The third-order valence-electron chi connectivity index (χ3n) is 2.01. The molecule has 0 saturated carbocycles. The average molecular weight is 181 g/mol. The Balaban J connectivity index is 0. The van der Waals surface area contributed by atoms with Crippen molar-refractivity contribution in [1.29, 1.82) is 0 Å². The molecule has 76 valence electrons. The largest absolute Gasteiger partial charge is 0.378 e. The minimum atomic E-state index is 0. The molecular formula is C12H23N. The van der Waals surface area contributed by atoms with Gasteiger partial charge in [0.15, 0.2) is 0 Å². The van der Waals surface area contributed by atoms with Crippen LogP contribution in [0, 0.1) is 13.8 Å². The zero-order valence-corrected chi connectivity index (χ0v) is 7.68. The Morgan fingerprint density at radius 2 is 1.46 bits per heavy atom. The molecule has 0 aromatic heterocycles. The molecule has 1 heteroatoms. The van der Waals surface area contributed by atoms with Gasteiger partial charge in [-0.1, -0.05) is 20.9 Å². The molecule has 0 aliphatic rings. The lowest BCUT2D eigenvalue weighted by Crippen LogP contribution is -2.08. The van der Waals surface area contributed by atoms with Crippen LogP contribution in [-0.2, 0) is 0 Å². The molecule has 0 radical (unpaired) electrons. The van der Waals surface area contributed by atoms with Gasteiger partial charge in [0.05, 0.1) is 0 Å². The molecule has 0 saturated heterocycles. The van der Waals surface area contributed by atoms with E-state index in [2.05, 4.69) is 51.0 Å². The van der Waals surface area contributed by atoms with E-state index in [9.17, 15) is 0 Å². The van der Waals surface area contributed by atoms with Gasteiger partial charge in [-0.2, -0.15) is 0 Å². The summed E-state index contributed by atoms with van der Waals surface area (Å²) < 4.78 is 0. The summed E-state index contributed by atoms with van der Waals surface area (Å²) >= 11 is 0. The Hall–Kier alpha value is -0.980. The summed E-state index contributed by atoms with van der Waals surface area (Å²) in [5.74, 6) is 0. The summed E-state index contributed by atoms with van der Waals surface area (Å²) in [5, 5.41) is 0. The summed E-state index contributed by atoms with van der Waals surface area (Å²) in [7, 11) is 4.12. The standard InChI is InChI=1S/C10H15N.2CH4/c1-8-5-6-10(11(3)4)7-9(8)2;;/h5-7H,1-4H3;2*1H4. The number of benzene rings is 1. The lowest BCUT2D eigenvalue weighted by Gasteiger charge is -2.13. The van der Waals surface area contributed by atoms with Crippen molar-refractivity contribution in [2.24, 2.45) is 0 Å². The van der Waals surface area contributed by atoms with E-state index in [-0.39, 0.29) is 14.9 Å². The molecule has 13 heavy (non-hydrogen) atoms. The van der Waals surface area contributed by atoms with Crippen LogP contribution in [0.2, 0.25) is 0 Å². The van der Waals surface area contributed by atoms with E-state index in [1.54, 1.807) is 0 Å². The fourth-order valence-electron chi connectivity index (χ4n) is 1.00. The van der Waals surface area contributed by atoms with Gasteiger partial charge in [-0.05, 0) is 37.1 Å². The van der Waals surface area contributed by atoms with Gasteiger partial charge < -0.3 is 4.90 Å². The first kappa shape index (κ1) is 14.5. The maximum atomic E-state index is 2.20. The van der Waals surface area contributed by atoms with E-state index >= 15 is 0 Å². The van der Waals surface area contributed by atoms with Crippen molar-refractivity contribution >= 4 is 5.69 Å². The second-order valence-corrected chi connectivity index (χ2v) is 3.16. The van der Waals surface area contributed by atoms with E-state index in [4.69, 9.17) is 0 Å². The zero-order chi connectivity index (χ0) is 8.43. The quantitative estimate of drug-likeness (QED) is 0.639. The maximum Gasteiger partial charge on any atom is 0.0363 e. The van der Waals surface area contributed by atoms with E-state index in [0.717, 1.165) is 0 Å². The first-order valence-corrected chi connectivity index (χ1v) is 3.86. The maximum absolute atomic E-state index is 2.20. The van der Waals surface area contributed by atoms with Crippen LogP contribution in [0.5, 0.6) is 0 Å². The Bertz CT molecular complexity index is 251. The number of hydrogen-bond acceptors (Lipinski definition) is 1. The minimum Gasteiger partial charge on any atom is -0.378 e.